The summed E-state index contributed by atoms with van der Waals surface area (Å²) < 4.78 is 0. The van der Waals surface area contributed by atoms with Gasteiger partial charge in [-0.2, -0.15) is 0 Å². The van der Waals surface area contributed by atoms with Crippen molar-refractivity contribution in [1.82, 2.24) is 0 Å². The Labute approximate surface area is 93.2 Å². The number of benzene rings is 2. The first kappa shape index (κ1) is 10.4. The Morgan fingerprint density at radius 3 is 2.12 bits per heavy atom. The number of hydrogen-bond donors (Lipinski definition) is 3. The summed E-state index contributed by atoms with van der Waals surface area (Å²) in [5.74, 6) is -0.218. The monoisotopic (exact) mass is 216 g/mol. The Balaban J connectivity index is 2.58. The van der Waals surface area contributed by atoms with E-state index >= 15 is 0 Å². The topological polar surface area (TPSA) is 60.7 Å². The van der Waals surface area contributed by atoms with E-state index < -0.39 is 0 Å². The molecular weight excluding hydrogens is 204 g/mol. The minimum absolute atomic E-state index is 0.149. The third-order valence-electron chi connectivity index (χ3n) is 2.44. The normalized spacial score (nSPS) is 10.3. The van der Waals surface area contributed by atoms with E-state index in [0.717, 1.165) is 5.56 Å². The molecule has 0 aliphatic carbocycles. The van der Waals surface area contributed by atoms with Crippen LogP contribution in [0.5, 0.6) is 17.2 Å². The van der Waals surface area contributed by atoms with Gasteiger partial charge in [-0.05, 0) is 36.8 Å². The van der Waals surface area contributed by atoms with Crippen molar-refractivity contribution in [3.63, 3.8) is 0 Å². The number of phenols is 3. The van der Waals surface area contributed by atoms with Gasteiger partial charge in [0, 0.05) is 5.56 Å². The lowest BCUT2D eigenvalue weighted by Gasteiger charge is -2.07. The minimum Gasteiger partial charge on any atom is -0.507 e. The van der Waals surface area contributed by atoms with Gasteiger partial charge in [-0.15, -0.1) is 0 Å². The zero-order valence-corrected chi connectivity index (χ0v) is 8.81. The van der Waals surface area contributed by atoms with Gasteiger partial charge in [0.2, 0.25) is 0 Å². The lowest BCUT2D eigenvalue weighted by Crippen LogP contribution is -1.81. The van der Waals surface area contributed by atoms with Crippen molar-refractivity contribution in [3.8, 4) is 28.4 Å². The van der Waals surface area contributed by atoms with Crippen LogP contribution in [0.3, 0.4) is 0 Å². The van der Waals surface area contributed by atoms with Crippen LogP contribution in [-0.4, -0.2) is 15.3 Å². The van der Waals surface area contributed by atoms with Crippen molar-refractivity contribution in [1.29, 1.82) is 0 Å². The highest BCUT2D eigenvalue weighted by Crippen LogP contribution is 2.35. The molecule has 0 spiro atoms. The molecule has 0 saturated carbocycles. The van der Waals surface area contributed by atoms with Crippen LogP contribution in [-0.2, 0) is 0 Å². The van der Waals surface area contributed by atoms with Crippen molar-refractivity contribution < 1.29 is 15.3 Å². The second-order valence-corrected chi connectivity index (χ2v) is 3.72. The van der Waals surface area contributed by atoms with E-state index in [4.69, 9.17) is 0 Å². The zero-order valence-electron chi connectivity index (χ0n) is 8.81. The zero-order chi connectivity index (χ0) is 11.7. The molecule has 3 nitrogen and oxygen atoms in total. The van der Waals surface area contributed by atoms with Crippen molar-refractivity contribution >= 4 is 0 Å². The molecule has 2 aromatic rings. The van der Waals surface area contributed by atoms with Crippen molar-refractivity contribution in [2.75, 3.05) is 0 Å². The second-order valence-electron chi connectivity index (χ2n) is 3.72. The largest absolute Gasteiger partial charge is 0.507 e. The summed E-state index contributed by atoms with van der Waals surface area (Å²) in [4.78, 5) is 0. The molecule has 2 rings (SSSR count). The van der Waals surface area contributed by atoms with Gasteiger partial charge in [0.1, 0.15) is 5.75 Å². The summed E-state index contributed by atoms with van der Waals surface area (Å²) >= 11 is 0. The minimum atomic E-state index is -0.196. The van der Waals surface area contributed by atoms with Crippen LogP contribution in [0.1, 0.15) is 5.56 Å². The Hall–Kier alpha value is -2.16. The average molecular weight is 216 g/mol. The van der Waals surface area contributed by atoms with Gasteiger partial charge in [0.15, 0.2) is 11.5 Å². The smallest absolute Gasteiger partial charge is 0.158 e. The van der Waals surface area contributed by atoms with Gasteiger partial charge in [-0.1, -0.05) is 17.7 Å². The van der Waals surface area contributed by atoms with E-state index in [1.165, 1.54) is 12.1 Å². The number of rotatable bonds is 1. The van der Waals surface area contributed by atoms with Gasteiger partial charge in [0.25, 0.3) is 0 Å². The molecule has 0 amide bonds. The Morgan fingerprint density at radius 1 is 0.750 bits per heavy atom. The van der Waals surface area contributed by atoms with Crippen LogP contribution >= 0.6 is 0 Å². The van der Waals surface area contributed by atoms with Crippen LogP contribution in [0, 0.1) is 6.92 Å². The van der Waals surface area contributed by atoms with Crippen molar-refractivity contribution in [2.24, 2.45) is 0 Å². The lowest BCUT2D eigenvalue weighted by atomic mass is 10.0. The van der Waals surface area contributed by atoms with Crippen molar-refractivity contribution in [2.45, 2.75) is 6.92 Å². The quantitative estimate of drug-likeness (QED) is 0.642. The van der Waals surface area contributed by atoms with Crippen LogP contribution in [0.15, 0.2) is 36.4 Å². The fraction of sp³-hybridized carbons (Fsp3) is 0.0769. The van der Waals surface area contributed by atoms with E-state index in [0.29, 0.717) is 11.1 Å². The van der Waals surface area contributed by atoms with E-state index in [1.54, 1.807) is 18.2 Å². The van der Waals surface area contributed by atoms with Gasteiger partial charge in [-0.25, -0.2) is 0 Å². The highest BCUT2D eigenvalue weighted by molar-refractivity contribution is 5.72. The molecule has 0 saturated heterocycles. The number of hydrogen-bond acceptors (Lipinski definition) is 3. The lowest BCUT2D eigenvalue weighted by molar-refractivity contribution is 0.404. The van der Waals surface area contributed by atoms with E-state index in [2.05, 4.69) is 0 Å². The maximum absolute atomic E-state index is 9.70. The first-order valence-electron chi connectivity index (χ1n) is 4.90. The molecule has 0 heterocycles. The number of aryl methyl sites for hydroxylation is 1. The Bertz CT molecular complexity index is 533. The SMILES string of the molecule is Cc1ccc(O)c(-c2ccc(O)c(O)c2)c1. The average Bonchev–Trinajstić information content (AvgIpc) is 2.26. The summed E-state index contributed by atoms with van der Waals surface area (Å²) in [6.45, 7) is 1.92. The predicted octanol–water partition coefficient (Wildman–Crippen LogP) is 2.78. The molecule has 0 aliphatic heterocycles. The van der Waals surface area contributed by atoms with E-state index in [1.807, 2.05) is 13.0 Å². The third-order valence-corrected chi connectivity index (χ3v) is 2.44. The van der Waals surface area contributed by atoms with Gasteiger partial charge in [-0.3, -0.25) is 0 Å². The molecule has 0 bridgehead atoms. The van der Waals surface area contributed by atoms with Gasteiger partial charge >= 0.3 is 0 Å². The number of phenolic OH excluding ortho intramolecular Hbond substituents is 3. The molecular formula is C13H12O3. The standard InChI is InChI=1S/C13H12O3/c1-8-2-4-11(14)10(6-8)9-3-5-12(15)13(16)7-9/h2-7,14-16H,1H3. The first-order valence-corrected chi connectivity index (χ1v) is 4.90. The summed E-state index contributed by atoms with van der Waals surface area (Å²) in [6, 6.07) is 9.69. The molecule has 0 fully saturated rings. The van der Waals surface area contributed by atoms with Gasteiger partial charge < -0.3 is 15.3 Å². The fourth-order valence-electron chi connectivity index (χ4n) is 1.57. The van der Waals surface area contributed by atoms with Crippen LogP contribution < -0.4 is 0 Å². The van der Waals surface area contributed by atoms with Crippen LogP contribution in [0.25, 0.3) is 11.1 Å². The molecule has 0 atom stereocenters. The maximum Gasteiger partial charge on any atom is 0.158 e. The van der Waals surface area contributed by atoms with E-state index in [-0.39, 0.29) is 17.2 Å². The summed E-state index contributed by atoms with van der Waals surface area (Å²) in [7, 11) is 0. The van der Waals surface area contributed by atoms with Crippen molar-refractivity contribution in [3.05, 3.63) is 42.0 Å². The summed E-state index contributed by atoms with van der Waals surface area (Å²) in [5.41, 5.74) is 2.31. The fourth-order valence-corrected chi connectivity index (χ4v) is 1.57. The molecule has 3 N–H and O–H groups in total. The molecule has 0 aliphatic rings. The van der Waals surface area contributed by atoms with Gasteiger partial charge in [0.05, 0.1) is 0 Å². The summed E-state index contributed by atoms with van der Waals surface area (Å²) in [6.07, 6.45) is 0. The molecule has 2 aromatic carbocycles. The maximum atomic E-state index is 9.70. The number of aromatic hydroxyl groups is 3. The summed E-state index contributed by atoms with van der Waals surface area (Å²) in [5, 5.41) is 28.3. The van der Waals surface area contributed by atoms with Crippen LogP contribution in [0.4, 0.5) is 0 Å². The molecule has 3 heteroatoms. The van der Waals surface area contributed by atoms with Crippen LogP contribution in [0.2, 0.25) is 0 Å². The molecule has 82 valence electrons. The molecule has 0 radical (unpaired) electrons. The highest BCUT2D eigenvalue weighted by atomic mass is 16.3. The third kappa shape index (κ3) is 1.80. The molecule has 0 aromatic heterocycles. The highest BCUT2D eigenvalue weighted by Gasteiger charge is 2.07. The Kier molecular flexibility index (Phi) is 2.44. The van der Waals surface area contributed by atoms with E-state index in [9.17, 15) is 15.3 Å². The molecule has 0 unspecified atom stereocenters. The predicted molar refractivity (Wildman–Crippen MR) is 61.6 cm³/mol. The second kappa shape index (κ2) is 3.77. The Morgan fingerprint density at radius 2 is 1.44 bits per heavy atom. The molecule has 16 heavy (non-hydrogen) atoms. The first-order chi connectivity index (χ1) is 7.58.